The quantitative estimate of drug-likeness (QED) is 0.697. The molecule has 5 nitrogen and oxygen atoms in total. The van der Waals surface area contributed by atoms with Crippen molar-refractivity contribution in [1.29, 1.82) is 0 Å². The molecule has 0 atom stereocenters. The van der Waals surface area contributed by atoms with E-state index >= 15 is 0 Å². The van der Waals surface area contributed by atoms with Crippen LogP contribution in [-0.2, 0) is 0 Å². The summed E-state index contributed by atoms with van der Waals surface area (Å²) in [7, 11) is 1.65. The number of methoxy groups -OCH3 is 1. The predicted molar refractivity (Wildman–Crippen MR) is 104 cm³/mol. The third-order valence-electron chi connectivity index (χ3n) is 3.30. The highest BCUT2D eigenvalue weighted by Gasteiger charge is 2.06. The first-order chi connectivity index (χ1) is 11.9. The van der Waals surface area contributed by atoms with E-state index in [1.807, 2.05) is 36.0 Å². The van der Waals surface area contributed by atoms with Crippen molar-refractivity contribution in [2.45, 2.75) is 40.7 Å². The van der Waals surface area contributed by atoms with Gasteiger partial charge < -0.3 is 9.47 Å². The van der Waals surface area contributed by atoms with Crippen molar-refractivity contribution in [3.8, 4) is 11.5 Å². The number of thiazole rings is 1. The van der Waals surface area contributed by atoms with Gasteiger partial charge in [0.2, 0.25) is 4.80 Å². The SMILES string of the molecule is COc1cc(C=Nn2c(C)csc2=NC(C)C)ccc1OCC(C)C. The number of aromatic nitrogens is 1. The van der Waals surface area contributed by atoms with Crippen molar-refractivity contribution in [3.05, 3.63) is 39.6 Å². The molecule has 1 heterocycles. The van der Waals surface area contributed by atoms with Crippen molar-refractivity contribution in [3.63, 3.8) is 0 Å². The maximum atomic E-state index is 5.79. The smallest absolute Gasteiger partial charge is 0.206 e. The number of ether oxygens (including phenoxy) is 2. The van der Waals surface area contributed by atoms with Crippen LogP contribution in [0.1, 0.15) is 39.0 Å². The van der Waals surface area contributed by atoms with Crippen molar-refractivity contribution >= 4 is 17.6 Å². The highest BCUT2D eigenvalue weighted by Crippen LogP contribution is 2.28. The molecule has 25 heavy (non-hydrogen) atoms. The van der Waals surface area contributed by atoms with Crippen LogP contribution in [0.3, 0.4) is 0 Å². The Hall–Kier alpha value is -2.08. The van der Waals surface area contributed by atoms with Gasteiger partial charge in [0.05, 0.1) is 25.6 Å². The lowest BCUT2D eigenvalue weighted by Crippen LogP contribution is -2.14. The molecule has 0 N–H and O–H groups in total. The summed E-state index contributed by atoms with van der Waals surface area (Å²) < 4.78 is 13.1. The highest BCUT2D eigenvalue weighted by atomic mass is 32.1. The third kappa shape index (κ3) is 5.46. The molecule has 0 saturated heterocycles. The van der Waals surface area contributed by atoms with E-state index in [-0.39, 0.29) is 6.04 Å². The van der Waals surface area contributed by atoms with Gasteiger partial charge in [0.15, 0.2) is 11.5 Å². The Balaban J connectivity index is 2.26. The summed E-state index contributed by atoms with van der Waals surface area (Å²) in [5.74, 6) is 1.93. The summed E-state index contributed by atoms with van der Waals surface area (Å²) in [4.78, 5) is 5.50. The molecule has 2 aromatic rings. The highest BCUT2D eigenvalue weighted by molar-refractivity contribution is 7.07. The fourth-order valence-corrected chi connectivity index (χ4v) is 3.04. The van der Waals surface area contributed by atoms with E-state index in [2.05, 4.69) is 43.2 Å². The summed E-state index contributed by atoms with van der Waals surface area (Å²) in [5, 5.41) is 6.64. The Morgan fingerprint density at radius 2 is 1.96 bits per heavy atom. The van der Waals surface area contributed by atoms with Crippen LogP contribution in [0, 0.1) is 12.8 Å². The van der Waals surface area contributed by atoms with Gasteiger partial charge in [0, 0.05) is 11.4 Å². The van der Waals surface area contributed by atoms with E-state index < -0.39 is 0 Å². The predicted octanol–water partition coefficient (Wildman–Crippen LogP) is 4.09. The monoisotopic (exact) mass is 361 g/mol. The molecule has 6 heteroatoms. The number of hydrogen-bond donors (Lipinski definition) is 0. The topological polar surface area (TPSA) is 48.1 Å². The molecule has 1 aromatic carbocycles. The molecule has 0 amide bonds. The first-order valence-corrected chi connectivity index (χ1v) is 9.34. The van der Waals surface area contributed by atoms with Crippen molar-refractivity contribution < 1.29 is 9.47 Å². The normalized spacial score (nSPS) is 12.6. The van der Waals surface area contributed by atoms with Gasteiger partial charge in [-0.05, 0) is 50.5 Å². The van der Waals surface area contributed by atoms with Gasteiger partial charge in [-0.3, -0.25) is 4.99 Å². The molecule has 0 unspecified atom stereocenters. The number of hydrogen-bond acceptors (Lipinski definition) is 5. The second-order valence-corrected chi connectivity index (χ2v) is 7.39. The number of benzene rings is 1. The molecule has 0 aliphatic carbocycles. The van der Waals surface area contributed by atoms with Crippen LogP contribution in [0.25, 0.3) is 0 Å². The first-order valence-electron chi connectivity index (χ1n) is 8.47. The number of aryl methyl sites for hydroxylation is 1. The zero-order valence-electron chi connectivity index (χ0n) is 15.8. The maximum Gasteiger partial charge on any atom is 0.206 e. The van der Waals surface area contributed by atoms with Crippen LogP contribution in [0.4, 0.5) is 0 Å². The fraction of sp³-hybridized carbons (Fsp3) is 0.474. The van der Waals surface area contributed by atoms with E-state index in [9.17, 15) is 0 Å². The van der Waals surface area contributed by atoms with Crippen molar-refractivity contribution in [2.75, 3.05) is 13.7 Å². The summed E-state index contributed by atoms with van der Waals surface area (Å²) >= 11 is 1.60. The lowest BCUT2D eigenvalue weighted by atomic mass is 10.2. The molecular formula is C19H27N3O2S. The zero-order valence-corrected chi connectivity index (χ0v) is 16.6. The van der Waals surface area contributed by atoms with Gasteiger partial charge in [0.1, 0.15) is 0 Å². The van der Waals surface area contributed by atoms with E-state index in [0.29, 0.717) is 18.3 Å². The van der Waals surface area contributed by atoms with Gasteiger partial charge in [0.25, 0.3) is 0 Å². The molecular weight excluding hydrogens is 334 g/mol. The minimum absolute atomic E-state index is 0.233. The van der Waals surface area contributed by atoms with Crippen LogP contribution in [-0.4, -0.2) is 30.6 Å². The minimum Gasteiger partial charge on any atom is -0.493 e. The van der Waals surface area contributed by atoms with E-state index in [1.54, 1.807) is 18.4 Å². The molecule has 2 rings (SSSR count). The lowest BCUT2D eigenvalue weighted by Gasteiger charge is -2.12. The van der Waals surface area contributed by atoms with Crippen LogP contribution >= 0.6 is 11.3 Å². The summed E-state index contributed by atoms with van der Waals surface area (Å²) in [6.07, 6.45) is 1.81. The molecule has 0 spiro atoms. The molecule has 0 fully saturated rings. The Morgan fingerprint density at radius 3 is 2.60 bits per heavy atom. The lowest BCUT2D eigenvalue weighted by molar-refractivity contribution is 0.257. The molecule has 0 aliphatic heterocycles. The van der Waals surface area contributed by atoms with Crippen LogP contribution < -0.4 is 14.3 Å². The van der Waals surface area contributed by atoms with Crippen LogP contribution in [0.5, 0.6) is 11.5 Å². The summed E-state index contributed by atoms with van der Waals surface area (Å²) in [6.45, 7) is 11.0. The van der Waals surface area contributed by atoms with E-state index in [1.165, 1.54) is 0 Å². The van der Waals surface area contributed by atoms with E-state index in [4.69, 9.17) is 9.47 Å². The Kier molecular flexibility index (Phi) is 6.82. The second kappa shape index (κ2) is 8.85. The van der Waals surface area contributed by atoms with Crippen molar-refractivity contribution in [2.24, 2.45) is 16.0 Å². The van der Waals surface area contributed by atoms with E-state index in [0.717, 1.165) is 21.8 Å². The fourth-order valence-electron chi connectivity index (χ4n) is 2.10. The zero-order chi connectivity index (χ0) is 18.4. The molecule has 0 aliphatic rings. The molecule has 0 saturated carbocycles. The summed E-state index contributed by atoms with van der Waals surface area (Å²) in [5.41, 5.74) is 2.01. The Bertz CT molecular complexity index is 788. The van der Waals surface area contributed by atoms with Crippen LogP contribution in [0.15, 0.2) is 33.7 Å². The average molecular weight is 362 g/mol. The Morgan fingerprint density at radius 1 is 1.20 bits per heavy atom. The van der Waals surface area contributed by atoms with Gasteiger partial charge in [-0.1, -0.05) is 13.8 Å². The number of rotatable bonds is 7. The van der Waals surface area contributed by atoms with Crippen LogP contribution in [0.2, 0.25) is 0 Å². The molecule has 1 aromatic heterocycles. The second-order valence-electron chi connectivity index (χ2n) is 6.55. The summed E-state index contributed by atoms with van der Waals surface area (Å²) in [6, 6.07) is 6.06. The van der Waals surface area contributed by atoms with Crippen molar-refractivity contribution in [1.82, 2.24) is 4.68 Å². The maximum absolute atomic E-state index is 5.79. The largest absolute Gasteiger partial charge is 0.493 e. The van der Waals surface area contributed by atoms with Gasteiger partial charge in [-0.2, -0.15) is 5.10 Å². The van der Waals surface area contributed by atoms with Gasteiger partial charge in [-0.25, -0.2) is 4.68 Å². The minimum atomic E-state index is 0.233. The molecule has 136 valence electrons. The molecule has 0 radical (unpaired) electrons. The average Bonchev–Trinajstić information content (AvgIpc) is 2.90. The number of nitrogens with zero attached hydrogens (tertiary/aromatic N) is 3. The molecule has 0 bridgehead atoms. The van der Waals surface area contributed by atoms with Gasteiger partial charge >= 0.3 is 0 Å². The van der Waals surface area contributed by atoms with Gasteiger partial charge in [-0.15, -0.1) is 11.3 Å². The Labute approximate surface area is 153 Å². The standard InChI is InChI=1S/C19H27N3O2S/c1-13(2)11-24-17-8-7-16(9-18(17)23-6)10-20-22-15(5)12-25-19(22)21-14(3)4/h7-10,12-14H,11H2,1-6H3. The third-order valence-corrected chi connectivity index (χ3v) is 4.25. The first kappa shape index (κ1) is 19.2.